The number of nitrogens with one attached hydrogen (secondary N) is 1. The number of halogens is 1. The molecule has 0 fully saturated rings. The molecule has 0 aliphatic heterocycles. The minimum absolute atomic E-state index is 0.310. The molecule has 0 spiro atoms. The van der Waals surface area contributed by atoms with Crippen LogP contribution in [0, 0.1) is 0 Å². The fourth-order valence-electron chi connectivity index (χ4n) is 2.66. The van der Waals surface area contributed by atoms with E-state index in [-0.39, 0.29) is 5.91 Å². The smallest absolute Gasteiger partial charge is 0.338 e. The summed E-state index contributed by atoms with van der Waals surface area (Å²) in [5.74, 6) is -0.713. The van der Waals surface area contributed by atoms with Crippen molar-refractivity contribution in [3.63, 3.8) is 0 Å². The average Bonchev–Trinajstić information content (AvgIpc) is 3.14. The van der Waals surface area contributed by atoms with E-state index in [9.17, 15) is 9.59 Å². The summed E-state index contributed by atoms with van der Waals surface area (Å²) in [6.07, 6.45) is 5.17. The molecule has 2 aromatic carbocycles. The Bertz CT molecular complexity index is 1020. The lowest BCUT2D eigenvalue weighted by Crippen LogP contribution is -2.12. The van der Waals surface area contributed by atoms with E-state index in [0.717, 1.165) is 10.5 Å². The average molecular weight is 416 g/mol. The molecule has 0 radical (unpaired) electrons. The third kappa shape index (κ3) is 4.55. The molecule has 28 heavy (non-hydrogen) atoms. The van der Waals surface area contributed by atoms with Crippen molar-refractivity contribution in [1.29, 1.82) is 0 Å². The SMILES string of the molecule is COC(=O)c1ccccc1Cn1cc(NC(=O)c2cc(SC)ccc2Cl)cn1. The Morgan fingerprint density at radius 3 is 2.75 bits per heavy atom. The zero-order chi connectivity index (χ0) is 20.1. The lowest BCUT2D eigenvalue weighted by molar-refractivity contribution is 0.0599. The molecule has 1 aromatic heterocycles. The lowest BCUT2D eigenvalue weighted by atomic mass is 10.1. The second-order valence-corrected chi connectivity index (χ2v) is 7.16. The zero-order valence-corrected chi connectivity index (χ0v) is 16.9. The van der Waals surface area contributed by atoms with Crippen molar-refractivity contribution in [2.45, 2.75) is 11.4 Å². The molecule has 3 aromatic rings. The van der Waals surface area contributed by atoms with Gasteiger partial charge in [0.05, 0.1) is 41.7 Å². The van der Waals surface area contributed by atoms with Gasteiger partial charge in [0.2, 0.25) is 0 Å². The van der Waals surface area contributed by atoms with Crippen molar-refractivity contribution in [2.24, 2.45) is 0 Å². The van der Waals surface area contributed by atoms with Gasteiger partial charge in [-0.15, -0.1) is 11.8 Å². The second kappa shape index (κ2) is 8.95. The van der Waals surface area contributed by atoms with E-state index in [1.165, 1.54) is 18.9 Å². The molecule has 3 rings (SSSR count). The minimum atomic E-state index is -0.403. The first-order chi connectivity index (χ1) is 13.5. The summed E-state index contributed by atoms with van der Waals surface area (Å²) in [5.41, 5.74) is 2.18. The van der Waals surface area contributed by atoms with Gasteiger partial charge in [-0.05, 0) is 36.1 Å². The number of aromatic nitrogens is 2. The Hall–Kier alpha value is -2.77. The molecule has 8 heteroatoms. The zero-order valence-electron chi connectivity index (χ0n) is 15.3. The van der Waals surface area contributed by atoms with Crippen LogP contribution in [0.1, 0.15) is 26.3 Å². The molecule has 0 aliphatic rings. The van der Waals surface area contributed by atoms with Crippen LogP contribution in [-0.4, -0.2) is 35.0 Å². The number of nitrogens with zero attached hydrogens (tertiary/aromatic N) is 2. The molecule has 0 saturated carbocycles. The first-order valence-electron chi connectivity index (χ1n) is 8.35. The van der Waals surface area contributed by atoms with Crippen LogP contribution in [0.15, 0.2) is 59.8 Å². The van der Waals surface area contributed by atoms with Gasteiger partial charge < -0.3 is 10.1 Å². The molecule has 1 heterocycles. The number of thioether (sulfide) groups is 1. The highest BCUT2D eigenvalue weighted by molar-refractivity contribution is 7.98. The fourth-order valence-corrected chi connectivity index (χ4v) is 3.30. The van der Waals surface area contributed by atoms with Gasteiger partial charge in [-0.1, -0.05) is 29.8 Å². The van der Waals surface area contributed by atoms with E-state index in [4.69, 9.17) is 16.3 Å². The van der Waals surface area contributed by atoms with Crippen LogP contribution >= 0.6 is 23.4 Å². The van der Waals surface area contributed by atoms with Crippen molar-refractivity contribution in [2.75, 3.05) is 18.7 Å². The second-order valence-electron chi connectivity index (χ2n) is 5.88. The van der Waals surface area contributed by atoms with Crippen LogP contribution in [0.2, 0.25) is 5.02 Å². The molecule has 6 nitrogen and oxygen atoms in total. The number of hydrogen-bond acceptors (Lipinski definition) is 5. The summed E-state index contributed by atoms with van der Waals surface area (Å²) >= 11 is 7.69. The van der Waals surface area contributed by atoms with Crippen molar-refractivity contribution in [3.8, 4) is 0 Å². The normalized spacial score (nSPS) is 10.5. The Morgan fingerprint density at radius 2 is 2.00 bits per heavy atom. The van der Waals surface area contributed by atoms with Crippen LogP contribution in [0.3, 0.4) is 0 Å². The summed E-state index contributed by atoms with van der Waals surface area (Å²) in [6, 6.07) is 12.5. The highest BCUT2D eigenvalue weighted by Gasteiger charge is 2.14. The van der Waals surface area contributed by atoms with Gasteiger partial charge in [0.1, 0.15) is 0 Å². The van der Waals surface area contributed by atoms with E-state index >= 15 is 0 Å². The number of carbonyl (C=O) groups excluding carboxylic acids is 2. The van der Waals surface area contributed by atoms with Gasteiger partial charge >= 0.3 is 5.97 Å². The number of methoxy groups -OCH3 is 1. The number of carbonyl (C=O) groups is 2. The molecule has 0 unspecified atom stereocenters. The van der Waals surface area contributed by atoms with E-state index in [0.29, 0.717) is 28.4 Å². The summed E-state index contributed by atoms with van der Waals surface area (Å²) in [5, 5.41) is 7.43. The van der Waals surface area contributed by atoms with Gasteiger partial charge in [0, 0.05) is 11.1 Å². The molecular weight excluding hydrogens is 398 g/mol. The van der Waals surface area contributed by atoms with Gasteiger partial charge in [-0.3, -0.25) is 9.48 Å². The van der Waals surface area contributed by atoms with E-state index in [1.54, 1.807) is 41.3 Å². The Morgan fingerprint density at radius 1 is 1.21 bits per heavy atom. The van der Waals surface area contributed by atoms with Crippen LogP contribution in [-0.2, 0) is 11.3 Å². The molecule has 0 atom stereocenters. The maximum absolute atomic E-state index is 12.5. The topological polar surface area (TPSA) is 73.2 Å². The standard InChI is InChI=1S/C20H18ClN3O3S/c1-27-20(26)16-6-4-3-5-13(16)11-24-12-14(10-22-24)23-19(25)17-9-15(28-2)7-8-18(17)21/h3-10,12H,11H2,1-2H3,(H,23,25). The number of benzene rings is 2. The molecule has 1 N–H and O–H groups in total. The first kappa shape index (κ1) is 20.0. The quantitative estimate of drug-likeness (QED) is 0.478. The highest BCUT2D eigenvalue weighted by atomic mass is 35.5. The summed E-state index contributed by atoms with van der Waals surface area (Å²) in [6.45, 7) is 0.365. The van der Waals surface area contributed by atoms with Crippen molar-refractivity contribution in [1.82, 2.24) is 9.78 Å². The molecule has 144 valence electrons. The Kier molecular flexibility index (Phi) is 6.38. The summed E-state index contributed by atoms with van der Waals surface area (Å²) < 4.78 is 6.45. The molecule has 0 bridgehead atoms. The molecule has 0 aliphatic carbocycles. The number of esters is 1. The highest BCUT2D eigenvalue weighted by Crippen LogP contribution is 2.24. The van der Waals surface area contributed by atoms with E-state index in [2.05, 4.69) is 10.4 Å². The number of ether oxygens (including phenoxy) is 1. The fraction of sp³-hybridized carbons (Fsp3) is 0.150. The van der Waals surface area contributed by atoms with Crippen LogP contribution in [0.25, 0.3) is 0 Å². The minimum Gasteiger partial charge on any atom is -0.465 e. The monoisotopic (exact) mass is 415 g/mol. The maximum Gasteiger partial charge on any atom is 0.338 e. The van der Waals surface area contributed by atoms with Crippen LogP contribution in [0.5, 0.6) is 0 Å². The third-order valence-corrected chi connectivity index (χ3v) is 5.12. The van der Waals surface area contributed by atoms with Crippen LogP contribution < -0.4 is 5.32 Å². The Labute approximate surface area is 171 Å². The van der Waals surface area contributed by atoms with Crippen LogP contribution in [0.4, 0.5) is 5.69 Å². The summed E-state index contributed by atoms with van der Waals surface area (Å²) in [7, 11) is 1.35. The van der Waals surface area contributed by atoms with E-state index < -0.39 is 5.97 Å². The van der Waals surface area contributed by atoms with Gasteiger partial charge in [0.25, 0.3) is 5.91 Å². The van der Waals surface area contributed by atoms with Crippen molar-refractivity contribution >= 4 is 40.9 Å². The molecule has 0 saturated heterocycles. The Balaban J connectivity index is 1.75. The first-order valence-corrected chi connectivity index (χ1v) is 9.95. The van der Waals surface area contributed by atoms with E-state index in [1.807, 2.05) is 24.5 Å². The van der Waals surface area contributed by atoms with Gasteiger partial charge in [-0.25, -0.2) is 4.79 Å². The molecular formula is C20H18ClN3O3S. The van der Waals surface area contributed by atoms with Gasteiger partial charge in [-0.2, -0.15) is 5.10 Å². The predicted molar refractivity (Wildman–Crippen MR) is 110 cm³/mol. The predicted octanol–water partition coefficient (Wildman–Crippen LogP) is 4.35. The number of rotatable bonds is 6. The number of hydrogen-bond donors (Lipinski definition) is 1. The van der Waals surface area contributed by atoms with Crippen molar-refractivity contribution < 1.29 is 14.3 Å². The maximum atomic E-state index is 12.5. The lowest BCUT2D eigenvalue weighted by Gasteiger charge is -2.08. The summed E-state index contributed by atoms with van der Waals surface area (Å²) in [4.78, 5) is 25.4. The van der Waals surface area contributed by atoms with Gasteiger partial charge in [0.15, 0.2) is 0 Å². The third-order valence-electron chi connectivity index (χ3n) is 4.06. The molecule has 1 amide bonds. The number of amides is 1. The van der Waals surface area contributed by atoms with Crippen molar-refractivity contribution in [3.05, 3.63) is 76.6 Å². The number of anilines is 1. The largest absolute Gasteiger partial charge is 0.465 e.